The highest BCUT2D eigenvalue weighted by atomic mass is 16.3. The van der Waals surface area contributed by atoms with Crippen molar-refractivity contribution >= 4 is 0 Å². The molecule has 78 valence electrons. The SMILES string of the molecule is CC(C)(C)Cc1cc(O)ccc1CO. The molecule has 1 aromatic carbocycles. The normalized spacial score (nSPS) is 11.7. The molecule has 0 amide bonds. The van der Waals surface area contributed by atoms with Gasteiger partial charge >= 0.3 is 0 Å². The Balaban J connectivity index is 2.99. The Hall–Kier alpha value is -1.02. The van der Waals surface area contributed by atoms with Crippen molar-refractivity contribution < 1.29 is 10.2 Å². The number of aliphatic hydroxyl groups is 1. The average molecular weight is 194 g/mol. The second kappa shape index (κ2) is 4.01. The number of benzene rings is 1. The molecule has 2 nitrogen and oxygen atoms in total. The van der Waals surface area contributed by atoms with Crippen molar-refractivity contribution in [2.24, 2.45) is 5.41 Å². The van der Waals surface area contributed by atoms with E-state index in [0.29, 0.717) is 0 Å². The van der Waals surface area contributed by atoms with Gasteiger partial charge in [0.15, 0.2) is 0 Å². The van der Waals surface area contributed by atoms with Gasteiger partial charge in [0.25, 0.3) is 0 Å². The lowest BCUT2D eigenvalue weighted by Gasteiger charge is -2.20. The van der Waals surface area contributed by atoms with Gasteiger partial charge in [-0.1, -0.05) is 26.8 Å². The lowest BCUT2D eigenvalue weighted by molar-refractivity contribution is 0.278. The van der Waals surface area contributed by atoms with Crippen LogP contribution in [-0.4, -0.2) is 10.2 Å². The van der Waals surface area contributed by atoms with Gasteiger partial charge < -0.3 is 10.2 Å². The molecule has 1 aromatic rings. The van der Waals surface area contributed by atoms with Crippen LogP contribution in [0.1, 0.15) is 31.9 Å². The molecule has 2 N–H and O–H groups in total. The fourth-order valence-corrected chi connectivity index (χ4v) is 1.50. The Morgan fingerprint density at radius 3 is 2.29 bits per heavy atom. The first-order chi connectivity index (χ1) is 6.42. The third-order valence-corrected chi connectivity index (χ3v) is 2.08. The van der Waals surface area contributed by atoms with Crippen molar-refractivity contribution in [3.05, 3.63) is 29.3 Å². The van der Waals surface area contributed by atoms with Crippen LogP contribution >= 0.6 is 0 Å². The summed E-state index contributed by atoms with van der Waals surface area (Å²) in [6.45, 7) is 6.44. The van der Waals surface area contributed by atoms with Gasteiger partial charge in [-0.3, -0.25) is 0 Å². The zero-order valence-corrected chi connectivity index (χ0v) is 9.04. The summed E-state index contributed by atoms with van der Waals surface area (Å²) >= 11 is 0. The Morgan fingerprint density at radius 1 is 1.14 bits per heavy atom. The van der Waals surface area contributed by atoms with Gasteiger partial charge in [-0.05, 0) is 35.1 Å². The summed E-state index contributed by atoms with van der Waals surface area (Å²) in [6.07, 6.45) is 0.858. The largest absolute Gasteiger partial charge is 0.508 e. The lowest BCUT2D eigenvalue weighted by atomic mass is 9.86. The number of hydrogen-bond donors (Lipinski definition) is 2. The van der Waals surface area contributed by atoms with Gasteiger partial charge in [0.1, 0.15) is 5.75 Å². The maximum Gasteiger partial charge on any atom is 0.115 e. The van der Waals surface area contributed by atoms with E-state index in [0.717, 1.165) is 17.5 Å². The average Bonchev–Trinajstić information content (AvgIpc) is 2.01. The second-order valence-electron chi connectivity index (χ2n) is 4.85. The molecule has 0 fully saturated rings. The molecule has 1 rings (SSSR count). The van der Waals surface area contributed by atoms with E-state index in [4.69, 9.17) is 5.11 Å². The van der Waals surface area contributed by atoms with Crippen LogP contribution in [0.4, 0.5) is 0 Å². The molecule has 2 heteroatoms. The van der Waals surface area contributed by atoms with E-state index < -0.39 is 0 Å². The molecule has 0 bridgehead atoms. The molecule has 0 aliphatic heterocycles. The minimum absolute atomic E-state index is 0.0334. The summed E-state index contributed by atoms with van der Waals surface area (Å²) in [5.74, 6) is 0.265. The number of aliphatic hydroxyl groups excluding tert-OH is 1. The fourth-order valence-electron chi connectivity index (χ4n) is 1.50. The van der Waals surface area contributed by atoms with Crippen LogP contribution < -0.4 is 0 Å². The van der Waals surface area contributed by atoms with Crippen molar-refractivity contribution in [1.29, 1.82) is 0 Å². The van der Waals surface area contributed by atoms with Gasteiger partial charge in [-0.2, -0.15) is 0 Å². The van der Waals surface area contributed by atoms with Crippen molar-refractivity contribution in [2.45, 2.75) is 33.8 Å². The first-order valence-corrected chi connectivity index (χ1v) is 4.84. The van der Waals surface area contributed by atoms with Crippen LogP contribution in [0, 0.1) is 5.41 Å². The van der Waals surface area contributed by atoms with Crippen molar-refractivity contribution in [3.63, 3.8) is 0 Å². The van der Waals surface area contributed by atoms with Gasteiger partial charge in [-0.25, -0.2) is 0 Å². The maximum atomic E-state index is 9.35. The van der Waals surface area contributed by atoms with Gasteiger partial charge in [0, 0.05) is 0 Å². The number of phenolic OH excluding ortho intramolecular Hbond substituents is 1. The Kier molecular flexibility index (Phi) is 3.17. The summed E-state index contributed by atoms with van der Waals surface area (Å²) in [7, 11) is 0. The third-order valence-electron chi connectivity index (χ3n) is 2.08. The first kappa shape index (κ1) is 11.1. The zero-order chi connectivity index (χ0) is 10.8. The Labute approximate surface area is 85.2 Å². The minimum Gasteiger partial charge on any atom is -0.508 e. The van der Waals surface area contributed by atoms with Crippen LogP contribution in [0.25, 0.3) is 0 Å². The number of hydrogen-bond acceptors (Lipinski definition) is 2. The number of rotatable bonds is 2. The predicted molar refractivity (Wildman–Crippen MR) is 57.2 cm³/mol. The second-order valence-corrected chi connectivity index (χ2v) is 4.85. The molecule has 0 saturated heterocycles. The van der Waals surface area contributed by atoms with E-state index in [1.807, 2.05) is 0 Å². The lowest BCUT2D eigenvalue weighted by Crippen LogP contribution is -2.10. The summed E-state index contributed by atoms with van der Waals surface area (Å²) < 4.78 is 0. The fraction of sp³-hybridized carbons (Fsp3) is 0.500. The molecule has 0 atom stereocenters. The molecule has 0 aliphatic carbocycles. The highest BCUT2D eigenvalue weighted by Crippen LogP contribution is 2.25. The summed E-state index contributed by atoms with van der Waals surface area (Å²) in [4.78, 5) is 0. The molecule has 0 aliphatic rings. The zero-order valence-electron chi connectivity index (χ0n) is 9.04. The Bertz CT molecular complexity index is 311. The molecule has 14 heavy (non-hydrogen) atoms. The maximum absolute atomic E-state index is 9.35. The monoisotopic (exact) mass is 194 g/mol. The van der Waals surface area contributed by atoms with E-state index in [1.54, 1.807) is 18.2 Å². The molecular formula is C12H18O2. The highest BCUT2D eigenvalue weighted by molar-refractivity contribution is 5.35. The van der Waals surface area contributed by atoms with E-state index in [-0.39, 0.29) is 17.8 Å². The number of phenols is 1. The highest BCUT2D eigenvalue weighted by Gasteiger charge is 2.14. The summed E-state index contributed by atoms with van der Waals surface area (Å²) in [5.41, 5.74) is 2.09. The van der Waals surface area contributed by atoms with Crippen molar-refractivity contribution in [2.75, 3.05) is 0 Å². The van der Waals surface area contributed by atoms with Crippen LogP contribution in [0.3, 0.4) is 0 Å². The smallest absolute Gasteiger partial charge is 0.115 e. The topological polar surface area (TPSA) is 40.5 Å². The quantitative estimate of drug-likeness (QED) is 0.759. The molecule has 0 aromatic heterocycles. The van der Waals surface area contributed by atoms with Crippen LogP contribution in [0.15, 0.2) is 18.2 Å². The molecule has 0 saturated carbocycles. The number of aromatic hydroxyl groups is 1. The minimum atomic E-state index is 0.0334. The van der Waals surface area contributed by atoms with Gasteiger partial charge in [-0.15, -0.1) is 0 Å². The standard InChI is InChI=1S/C12H18O2/c1-12(2,3)7-10-6-11(14)5-4-9(10)8-13/h4-6,13-14H,7-8H2,1-3H3. The molecule has 0 spiro atoms. The van der Waals surface area contributed by atoms with E-state index in [1.165, 1.54) is 0 Å². The van der Waals surface area contributed by atoms with E-state index in [2.05, 4.69) is 20.8 Å². The van der Waals surface area contributed by atoms with Crippen LogP contribution in [0.5, 0.6) is 5.75 Å². The molecule has 0 unspecified atom stereocenters. The van der Waals surface area contributed by atoms with Gasteiger partial charge in [0.05, 0.1) is 6.61 Å². The van der Waals surface area contributed by atoms with Crippen molar-refractivity contribution in [1.82, 2.24) is 0 Å². The van der Waals surface area contributed by atoms with Gasteiger partial charge in [0.2, 0.25) is 0 Å². The van der Waals surface area contributed by atoms with Crippen LogP contribution in [-0.2, 0) is 13.0 Å². The first-order valence-electron chi connectivity index (χ1n) is 4.84. The van der Waals surface area contributed by atoms with Crippen LogP contribution in [0.2, 0.25) is 0 Å². The summed E-state index contributed by atoms with van der Waals surface area (Å²) in [6, 6.07) is 5.12. The third kappa shape index (κ3) is 3.04. The van der Waals surface area contributed by atoms with E-state index >= 15 is 0 Å². The van der Waals surface area contributed by atoms with E-state index in [9.17, 15) is 5.11 Å². The molecular weight excluding hydrogens is 176 g/mol. The molecule has 0 radical (unpaired) electrons. The predicted octanol–water partition coefficient (Wildman–Crippen LogP) is 2.47. The summed E-state index contributed by atoms with van der Waals surface area (Å²) in [5, 5.41) is 18.5. The van der Waals surface area contributed by atoms with Crippen molar-refractivity contribution in [3.8, 4) is 5.75 Å². The molecule has 0 heterocycles. The Morgan fingerprint density at radius 2 is 1.79 bits per heavy atom.